The first-order chi connectivity index (χ1) is 15.6. The van der Waals surface area contributed by atoms with Crippen LogP contribution in [0.15, 0.2) is 72.2 Å². The van der Waals surface area contributed by atoms with Crippen molar-refractivity contribution in [1.82, 2.24) is 19.9 Å². The van der Waals surface area contributed by atoms with E-state index >= 15 is 0 Å². The van der Waals surface area contributed by atoms with E-state index < -0.39 is 6.10 Å². The molecule has 0 amide bonds. The molecule has 2 aromatic carbocycles. The summed E-state index contributed by atoms with van der Waals surface area (Å²) in [6.45, 7) is 1.41. The van der Waals surface area contributed by atoms with Crippen molar-refractivity contribution in [2.45, 2.75) is 31.2 Å². The Morgan fingerprint density at radius 1 is 1.09 bits per heavy atom. The Morgan fingerprint density at radius 3 is 2.59 bits per heavy atom. The van der Waals surface area contributed by atoms with E-state index in [2.05, 4.69) is 32.7 Å². The van der Waals surface area contributed by atoms with Gasteiger partial charge in [0.15, 0.2) is 0 Å². The van der Waals surface area contributed by atoms with Crippen molar-refractivity contribution < 1.29 is 9.50 Å². The summed E-state index contributed by atoms with van der Waals surface area (Å²) in [5.74, 6) is -0.290. The van der Waals surface area contributed by atoms with Crippen LogP contribution in [0.4, 0.5) is 4.39 Å². The number of likely N-dealkylation sites (tertiary alicyclic amines) is 1. The first kappa shape index (κ1) is 21.3. The molecule has 0 aliphatic carbocycles. The van der Waals surface area contributed by atoms with Crippen LogP contribution < -0.4 is 0 Å². The lowest BCUT2D eigenvalue weighted by molar-refractivity contribution is -0.0105. The lowest BCUT2D eigenvalue weighted by atomic mass is 9.90. The smallest absolute Gasteiger partial charge is 0.123 e. The van der Waals surface area contributed by atoms with Crippen LogP contribution in [0.5, 0.6) is 0 Å². The molecule has 0 bridgehead atoms. The van der Waals surface area contributed by atoms with Crippen molar-refractivity contribution in [2.24, 2.45) is 0 Å². The van der Waals surface area contributed by atoms with Crippen LogP contribution in [0.25, 0.3) is 11.3 Å². The van der Waals surface area contributed by atoms with Crippen molar-refractivity contribution in [3.05, 3.63) is 93.5 Å². The highest BCUT2D eigenvalue weighted by molar-refractivity contribution is 7.09. The van der Waals surface area contributed by atoms with E-state index in [1.807, 2.05) is 30.5 Å². The van der Waals surface area contributed by atoms with E-state index in [-0.39, 0.29) is 17.9 Å². The molecule has 0 spiro atoms. The minimum Gasteiger partial charge on any atom is -0.391 e. The quantitative estimate of drug-likeness (QED) is 0.429. The van der Waals surface area contributed by atoms with Gasteiger partial charge in [-0.1, -0.05) is 35.0 Å². The van der Waals surface area contributed by atoms with Gasteiger partial charge in [0.05, 0.1) is 18.3 Å². The zero-order valence-corrected chi connectivity index (χ0v) is 18.8. The molecule has 3 heterocycles. The maximum atomic E-state index is 13.3. The molecule has 1 fully saturated rings. The maximum Gasteiger partial charge on any atom is 0.123 e. The Hall–Kier alpha value is -2.58. The van der Waals surface area contributed by atoms with Crippen molar-refractivity contribution in [2.75, 3.05) is 6.54 Å². The second-order valence-corrected chi connectivity index (χ2v) is 9.51. The summed E-state index contributed by atoms with van der Waals surface area (Å²) in [4.78, 5) is 3.65. The van der Waals surface area contributed by atoms with Gasteiger partial charge in [0.2, 0.25) is 0 Å². The van der Waals surface area contributed by atoms with Gasteiger partial charge in [-0.25, -0.2) is 9.07 Å². The molecule has 8 heteroatoms. The number of rotatable bonds is 5. The normalized spacial score (nSPS) is 21.7. The van der Waals surface area contributed by atoms with Gasteiger partial charge in [0.25, 0.3) is 0 Å². The molecule has 3 atom stereocenters. The Labute approximate surface area is 194 Å². The van der Waals surface area contributed by atoms with Gasteiger partial charge in [-0.05, 0) is 59.8 Å². The van der Waals surface area contributed by atoms with Crippen LogP contribution in [0, 0.1) is 5.82 Å². The number of halogens is 2. The van der Waals surface area contributed by atoms with Crippen LogP contribution >= 0.6 is 22.9 Å². The number of thiophene rings is 1. The highest BCUT2D eigenvalue weighted by atomic mass is 35.5. The Bertz CT molecular complexity index is 1160. The summed E-state index contributed by atoms with van der Waals surface area (Å²) >= 11 is 7.82. The Balaban J connectivity index is 1.42. The van der Waals surface area contributed by atoms with Gasteiger partial charge in [-0.15, -0.1) is 16.4 Å². The predicted molar refractivity (Wildman–Crippen MR) is 124 cm³/mol. The fourth-order valence-electron chi connectivity index (χ4n) is 4.29. The topological polar surface area (TPSA) is 54.2 Å². The fourth-order valence-corrected chi connectivity index (χ4v) is 5.14. The molecule has 32 heavy (non-hydrogen) atoms. The molecule has 0 unspecified atom stereocenters. The number of aromatic nitrogens is 3. The van der Waals surface area contributed by atoms with E-state index in [0.29, 0.717) is 23.7 Å². The predicted octanol–water partition coefficient (Wildman–Crippen LogP) is 5.35. The summed E-state index contributed by atoms with van der Waals surface area (Å²) in [6.07, 6.45) is 1.81. The van der Waals surface area contributed by atoms with Crippen molar-refractivity contribution in [1.29, 1.82) is 0 Å². The molecule has 1 aliphatic rings. The number of aliphatic hydroxyl groups is 1. The van der Waals surface area contributed by atoms with Crippen LogP contribution in [0.1, 0.15) is 28.9 Å². The largest absolute Gasteiger partial charge is 0.391 e. The van der Waals surface area contributed by atoms with Crippen LogP contribution in [0.3, 0.4) is 0 Å². The molecule has 0 saturated carbocycles. The van der Waals surface area contributed by atoms with E-state index in [0.717, 1.165) is 17.7 Å². The van der Waals surface area contributed by atoms with Gasteiger partial charge < -0.3 is 5.11 Å². The standard InChI is InChI=1S/C24H22ClFN4OS/c25-18-7-3-17(4-8-18)22-12-24(31)23(15-29(22)13-20-2-1-11-32-20)30-14-21(27-28-30)16-5-9-19(26)10-6-16/h1-11,14,22-24,31H,12-13,15H2/t22-,23+,24+/m1/s1. The molecule has 1 saturated heterocycles. The highest BCUT2D eigenvalue weighted by Gasteiger charge is 2.37. The third kappa shape index (κ3) is 4.47. The lowest BCUT2D eigenvalue weighted by Crippen LogP contribution is -2.45. The number of nitrogens with zero attached hydrogens (tertiary/aromatic N) is 4. The molecule has 1 N–H and O–H groups in total. The molecule has 2 aromatic heterocycles. The first-order valence-corrected chi connectivity index (χ1v) is 11.7. The first-order valence-electron chi connectivity index (χ1n) is 10.4. The van der Waals surface area contributed by atoms with Gasteiger partial charge in [0, 0.05) is 34.6 Å². The molecule has 5 nitrogen and oxygen atoms in total. The number of hydrogen-bond donors (Lipinski definition) is 1. The second kappa shape index (κ2) is 9.11. The molecule has 4 aromatic rings. The number of benzene rings is 2. The van der Waals surface area contributed by atoms with Gasteiger partial charge in [-0.3, -0.25) is 4.90 Å². The summed E-state index contributed by atoms with van der Waals surface area (Å²) in [5.41, 5.74) is 2.58. The van der Waals surface area contributed by atoms with Crippen LogP contribution in [-0.4, -0.2) is 37.6 Å². The molecule has 164 valence electrons. The summed E-state index contributed by atoms with van der Waals surface area (Å²) in [6, 6.07) is 18.0. The number of aliphatic hydroxyl groups excluding tert-OH is 1. The average molecular weight is 469 g/mol. The maximum absolute atomic E-state index is 13.3. The number of piperidine rings is 1. The average Bonchev–Trinajstić information content (AvgIpc) is 3.48. The van der Waals surface area contributed by atoms with Crippen LogP contribution in [0.2, 0.25) is 5.02 Å². The highest BCUT2D eigenvalue weighted by Crippen LogP contribution is 2.37. The molecular formula is C24H22ClFN4OS. The van der Waals surface area contributed by atoms with Crippen molar-refractivity contribution >= 4 is 22.9 Å². The van der Waals surface area contributed by atoms with Crippen molar-refractivity contribution in [3.63, 3.8) is 0 Å². The molecule has 0 radical (unpaired) electrons. The summed E-state index contributed by atoms with van der Waals surface area (Å²) in [5, 5.41) is 22.4. The summed E-state index contributed by atoms with van der Waals surface area (Å²) in [7, 11) is 0. The minimum atomic E-state index is -0.585. The van der Waals surface area contributed by atoms with Gasteiger partial charge in [0.1, 0.15) is 11.5 Å². The Kier molecular flexibility index (Phi) is 6.06. The third-order valence-electron chi connectivity index (χ3n) is 5.96. The van der Waals surface area contributed by atoms with E-state index in [4.69, 9.17) is 11.6 Å². The fraction of sp³-hybridized carbons (Fsp3) is 0.250. The van der Waals surface area contributed by atoms with E-state index in [9.17, 15) is 9.50 Å². The minimum absolute atomic E-state index is 0.0701. The third-order valence-corrected chi connectivity index (χ3v) is 7.07. The molecule has 5 rings (SSSR count). The van der Waals surface area contributed by atoms with Gasteiger partial charge >= 0.3 is 0 Å². The molecule has 1 aliphatic heterocycles. The Morgan fingerprint density at radius 2 is 1.88 bits per heavy atom. The summed E-state index contributed by atoms with van der Waals surface area (Å²) < 4.78 is 15.0. The zero-order chi connectivity index (χ0) is 22.1. The number of hydrogen-bond acceptors (Lipinski definition) is 5. The van der Waals surface area contributed by atoms with Gasteiger partial charge in [-0.2, -0.15) is 0 Å². The zero-order valence-electron chi connectivity index (χ0n) is 17.2. The van der Waals surface area contributed by atoms with Crippen molar-refractivity contribution in [3.8, 4) is 11.3 Å². The SMILES string of the molecule is O[C@H]1C[C@H](c2ccc(Cl)cc2)N(Cc2cccs2)C[C@@H]1n1cc(-c2ccc(F)cc2)nn1. The van der Waals surface area contributed by atoms with Crippen LogP contribution in [-0.2, 0) is 6.54 Å². The second-order valence-electron chi connectivity index (χ2n) is 8.04. The van der Waals surface area contributed by atoms with E-state index in [1.165, 1.54) is 17.0 Å². The lowest BCUT2D eigenvalue weighted by Gasteiger charge is -2.42. The molecular weight excluding hydrogens is 447 g/mol. The monoisotopic (exact) mass is 468 g/mol. The van der Waals surface area contributed by atoms with E-state index in [1.54, 1.807) is 28.2 Å².